The van der Waals surface area contributed by atoms with Gasteiger partial charge in [0.25, 0.3) is 0 Å². The Labute approximate surface area is 97.9 Å². The summed E-state index contributed by atoms with van der Waals surface area (Å²) in [4.78, 5) is 6.89. The number of pyridine rings is 1. The lowest BCUT2D eigenvalue weighted by Crippen LogP contribution is -2.29. The highest BCUT2D eigenvalue weighted by molar-refractivity contribution is 5.46. The number of rotatable bonds is 4. The van der Waals surface area contributed by atoms with Crippen molar-refractivity contribution < 1.29 is 0 Å². The van der Waals surface area contributed by atoms with Gasteiger partial charge in [-0.2, -0.15) is 0 Å². The molecule has 0 aliphatic carbocycles. The third kappa shape index (κ3) is 2.95. The summed E-state index contributed by atoms with van der Waals surface area (Å²) in [5.74, 6) is 0. The van der Waals surface area contributed by atoms with E-state index in [1.165, 1.54) is 43.7 Å². The summed E-state index contributed by atoms with van der Waals surface area (Å²) in [6.45, 7) is 3.40. The van der Waals surface area contributed by atoms with E-state index >= 15 is 0 Å². The van der Waals surface area contributed by atoms with Crippen molar-refractivity contribution in [3.8, 4) is 0 Å². The molecule has 0 atom stereocenters. The van der Waals surface area contributed by atoms with Crippen molar-refractivity contribution >= 4 is 5.69 Å². The largest absolute Gasteiger partial charge is 0.371 e. The zero-order valence-electron chi connectivity index (χ0n) is 10.1. The summed E-state index contributed by atoms with van der Waals surface area (Å²) in [5, 5.41) is 3.16. The van der Waals surface area contributed by atoms with E-state index in [1.54, 1.807) is 0 Å². The Balaban J connectivity index is 2.02. The molecule has 3 heteroatoms. The molecule has 0 radical (unpaired) electrons. The molecule has 1 N–H and O–H groups in total. The minimum absolute atomic E-state index is 0.996. The maximum atomic E-state index is 4.41. The van der Waals surface area contributed by atoms with Crippen molar-refractivity contribution in [1.29, 1.82) is 0 Å². The minimum atomic E-state index is 0.996. The number of anilines is 1. The predicted molar refractivity (Wildman–Crippen MR) is 67.9 cm³/mol. The predicted octanol–water partition coefficient (Wildman–Crippen LogP) is 1.83. The first-order chi connectivity index (χ1) is 7.90. The van der Waals surface area contributed by atoms with Crippen LogP contribution in [-0.2, 0) is 6.42 Å². The zero-order chi connectivity index (χ0) is 11.2. The number of likely N-dealkylation sites (N-methyl/N-ethyl adjacent to an activating group) is 1. The molecule has 1 aromatic rings. The number of piperidine rings is 1. The molecular weight excluding hydrogens is 198 g/mol. The Morgan fingerprint density at radius 1 is 1.31 bits per heavy atom. The number of hydrogen-bond donors (Lipinski definition) is 1. The van der Waals surface area contributed by atoms with Crippen LogP contribution in [0.1, 0.15) is 25.0 Å². The van der Waals surface area contributed by atoms with Crippen LogP contribution in [-0.4, -0.2) is 31.7 Å². The molecule has 1 aliphatic rings. The fourth-order valence-electron chi connectivity index (χ4n) is 2.20. The molecule has 1 aromatic heterocycles. The highest BCUT2D eigenvalue weighted by Gasteiger charge is 2.11. The minimum Gasteiger partial charge on any atom is -0.371 e. The normalized spacial score (nSPS) is 16.4. The first-order valence-electron chi connectivity index (χ1n) is 6.24. The summed E-state index contributed by atoms with van der Waals surface area (Å²) in [5.41, 5.74) is 2.54. The van der Waals surface area contributed by atoms with Gasteiger partial charge in [0.2, 0.25) is 0 Å². The van der Waals surface area contributed by atoms with E-state index in [4.69, 9.17) is 0 Å². The molecule has 1 fully saturated rings. The Bertz CT molecular complexity index is 319. The lowest BCUT2D eigenvalue weighted by atomic mass is 10.1. The molecular formula is C13H21N3. The van der Waals surface area contributed by atoms with Crippen molar-refractivity contribution in [1.82, 2.24) is 10.3 Å². The van der Waals surface area contributed by atoms with Crippen molar-refractivity contribution in [2.24, 2.45) is 0 Å². The van der Waals surface area contributed by atoms with Gasteiger partial charge in [-0.05, 0) is 38.4 Å². The molecule has 0 bridgehead atoms. The highest BCUT2D eigenvalue weighted by atomic mass is 15.1. The van der Waals surface area contributed by atoms with Crippen LogP contribution in [0, 0.1) is 0 Å². The van der Waals surface area contributed by atoms with Gasteiger partial charge >= 0.3 is 0 Å². The maximum absolute atomic E-state index is 4.41. The summed E-state index contributed by atoms with van der Waals surface area (Å²) in [6, 6.07) is 4.37. The Hall–Kier alpha value is -1.09. The molecule has 16 heavy (non-hydrogen) atoms. The second-order valence-electron chi connectivity index (χ2n) is 4.41. The van der Waals surface area contributed by atoms with Crippen LogP contribution in [0.4, 0.5) is 5.69 Å². The van der Waals surface area contributed by atoms with Crippen LogP contribution in [0.5, 0.6) is 0 Å². The van der Waals surface area contributed by atoms with Gasteiger partial charge in [-0.3, -0.25) is 4.98 Å². The van der Waals surface area contributed by atoms with Crippen LogP contribution in [0.25, 0.3) is 0 Å². The molecule has 88 valence electrons. The first-order valence-corrected chi connectivity index (χ1v) is 6.24. The smallest absolute Gasteiger partial charge is 0.0436 e. The van der Waals surface area contributed by atoms with E-state index in [0.717, 1.165) is 13.0 Å². The monoisotopic (exact) mass is 219 g/mol. The summed E-state index contributed by atoms with van der Waals surface area (Å²) in [7, 11) is 1.98. The standard InChI is InChI=1S/C13H21N3/c1-14-7-5-12-11-13(6-8-15-12)16-9-3-2-4-10-16/h6,8,11,14H,2-5,7,9-10H2,1H3. The Morgan fingerprint density at radius 3 is 2.88 bits per heavy atom. The lowest BCUT2D eigenvalue weighted by molar-refractivity contribution is 0.577. The van der Waals surface area contributed by atoms with E-state index < -0.39 is 0 Å². The van der Waals surface area contributed by atoms with E-state index in [-0.39, 0.29) is 0 Å². The van der Waals surface area contributed by atoms with Gasteiger partial charge < -0.3 is 10.2 Å². The van der Waals surface area contributed by atoms with Gasteiger partial charge in [-0.25, -0.2) is 0 Å². The molecule has 1 saturated heterocycles. The highest BCUT2D eigenvalue weighted by Crippen LogP contribution is 2.19. The molecule has 0 amide bonds. The van der Waals surface area contributed by atoms with E-state index in [0.29, 0.717) is 0 Å². The molecule has 3 nitrogen and oxygen atoms in total. The summed E-state index contributed by atoms with van der Waals surface area (Å²) >= 11 is 0. The average Bonchev–Trinajstić information content (AvgIpc) is 2.38. The van der Waals surface area contributed by atoms with Crippen molar-refractivity contribution in [3.05, 3.63) is 24.0 Å². The molecule has 1 aliphatic heterocycles. The second kappa shape index (κ2) is 5.85. The molecule has 2 heterocycles. The van der Waals surface area contributed by atoms with Gasteiger partial charge in [-0.1, -0.05) is 0 Å². The van der Waals surface area contributed by atoms with E-state index in [2.05, 4.69) is 27.3 Å². The molecule has 2 rings (SSSR count). The van der Waals surface area contributed by atoms with Gasteiger partial charge in [-0.15, -0.1) is 0 Å². The quantitative estimate of drug-likeness (QED) is 0.837. The van der Waals surface area contributed by atoms with Crippen molar-refractivity contribution in [2.75, 3.05) is 31.6 Å². The molecule has 0 saturated carbocycles. The van der Waals surface area contributed by atoms with Crippen molar-refractivity contribution in [3.63, 3.8) is 0 Å². The fraction of sp³-hybridized carbons (Fsp3) is 0.615. The van der Waals surface area contributed by atoms with Crippen molar-refractivity contribution in [2.45, 2.75) is 25.7 Å². The van der Waals surface area contributed by atoms with Crippen LogP contribution in [0.15, 0.2) is 18.3 Å². The third-order valence-electron chi connectivity index (χ3n) is 3.15. The third-order valence-corrected chi connectivity index (χ3v) is 3.15. The molecule has 0 spiro atoms. The van der Waals surface area contributed by atoms with Gasteiger partial charge in [0, 0.05) is 43.6 Å². The zero-order valence-corrected chi connectivity index (χ0v) is 10.1. The number of nitrogens with zero attached hydrogens (tertiary/aromatic N) is 2. The Kier molecular flexibility index (Phi) is 4.17. The maximum Gasteiger partial charge on any atom is 0.0436 e. The summed E-state index contributed by atoms with van der Waals surface area (Å²) in [6.07, 6.45) is 6.99. The van der Waals surface area contributed by atoms with Gasteiger partial charge in [0.1, 0.15) is 0 Å². The van der Waals surface area contributed by atoms with Crippen LogP contribution < -0.4 is 10.2 Å². The van der Waals surface area contributed by atoms with E-state index in [1.807, 2.05) is 13.2 Å². The van der Waals surface area contributed by atoms with E-state index in [9.17, 15) is 0 Å². The lowest BCUT2D eigenvalue weighted by Gasteiger charge is -2.28. The topological polar surface area (TPSA) is 28.2 Å². The number of aromatic nitrogens is 1. The second-order valence-corrected chi connectivity index (χ2v) is 4.41. The molecule has 0 aromatic carbocycles. The first kappa shape index (κ1) is 11.4. The van der Waals surface area contributed by atoms with Crippen LogP contribution in [0.3, 0.4) is 0 Å². The Morgan fingerprint density at radius 2 is 2.12 bits per heavy atom. The number of hydrogen-bond acceptors (Lipinski definition) is 3. The fourth-order valence-corrected chi connectivity index (χ4v) is 2.20. The SMILES string of the molecule is CNCCc1cc(N2CCCCC2)ccn1. The van der Waals surface area contributed by atoms with Crippen LogP contribution >= 0.6 is 0 Å². The van der Waals surface area contributed by atoms with Gasteiger partial charge in [0.05, 0.1) is 0 Å². The molecule has 0 unspecified atom stereocenters. The number of nitrogens with one attached hydrogen (secondary N) is 1. The van der Waals surface area contributed by atoms with Crippen LogP contribution in [0.2, 0.25) is 0 Å². The van der Waals surface area contributed by atoms with Gasteiger partial charge in [0.15, 0.2) is 0 Å². The average molecular weight is 219 g/mol. The summed E-state index contributed by atoms with van der Waals surface area (Å²) < 4.78 is 0.